The van der Waals surface area contributed by atoms with Crippen LogP contribution in [0.2, 0.25) is 10.0 Å². The molecular weight excluding hydrogens is 311 g/mol. The summed E-state index contributed by atoms with van der Waals surface area (Å²) in [6, 6.07) is 2.64. The number of sulfonamides is 1. The summed E-state index contributed by atoms with van der Waals surface area (Å²) in [5.41, 5.74) is 5.22. The first-order valence-corrected chi connectivity index (χ1v) is 7.68. The summed E-state index contributed by atoms with van der Waals surface area (Å²) in [5, 5.41) is 9.02. The van der Waals surface area contributed by atoms with Crippen LogP contribution >= 0.6 is 23.2 Å². The molecule has 0 saturated heterocycles. The normalized spacial score (nSPS) is 12.7. The lowest BCUT2D eigenvalue weighted by Gasteiger charge is -2.22. The maximum Gasteiger partial charge on any atom is 0.243 e. The molecule has 1 aromatic rings. The lowest BCUT2D eigenvalue weighted by atomic mass is 9.96. The van der Waals surface area contributed by atoms with Gasteiger partial charge in [-0.1, -0.05) is 37.0 Å². The summed E-state index contributed by atoms with van der Waals surface area (Å²) in [4.78, 5) is -0.209. The van der Waals surface area contributed by atoms with Gasteiger partial charge in [0.1, 0.15) is 4.90 Å². The standard InChI is InChI=1S/C11H16Cl2N2O3S/c1-11(2,6-16)5-15-19(17,18)10-8(12)3-7(14)4-9(10)13/h3-4,15-16H,5-6,14H2,1-2H3. The quantitative estimate of drug-likeness (QED) is 0.720. The molecular formula is C11H16Cl2N2O3S. The van der Waals surface area contributed by atoms with Gasteiger partial charge in [-0.3, -0.25) is 0 Å². The van der Waals surface area contributed by atoms with E-state index >= 15 is 0 Å². The van der Waals surface area contributed by atoms with Gasteiger partial charge < -0.3 is 10.8 Å². The maximum absolute atomic E-state index is 12.1. The van der Waals surface area contributed by atoms with Crippen LogP contribution in [0.3, 0.4) is 0 Å². The topological polar surface area (TPSA) is 92.4 Å². The molecule has 4 N–H and O–H groups in total. The number of nitrogens with two attached hydrogens (primary N) is 1. The Morgan fingerprint density at radius 3 is 2.21 bits per heavy atom. The summed E-state index contributed by atoms with van der Waals surface area (Å²) in [6.45, 7) is 3.35. The Labute approximate surface area is 122 Å². The van der Waals surface area contributed by atoms with Crippen molar-refractivity contribution in [3.05, 3.63) is 22.2 Å². The molecule has 0 aliphatic carbocycles. The monoisotopic (exact) mass is 326 g/mol. The van der Waals surface area contributed by atoms with Crippen molar-refractivity contribution in [2.75, 3.05) is 18.9 Å². The summed E-state index contributed by atoms with van der Waals surface area (Å²) in [5.74, 6) is 0. The van der Waals surface area contributed by atoms with Gasteiger partial charge in [0.05, 0.1) is 10.0 Å². The second-order valence-corrected chi connectivity index (χ2v) is 7.48. The van der Waals surface area contributed by atoms with Crippen LogP contribution in [0.15, 0.2) is 17.0 Å². The van der Waals surface area contributed by atoms with Gasteiger partial charge in [-0.25, -0.2) is 13.1 Å². The molecule has 1 rings (SSSR count). The Balaban J connectivity index is 3.09. The van der Waals surface area contributed by atoms with Crippen molar-refractivity contribution in [1.29, 1.82) is 0 Å². The number of anilines is 1. The van der Waals surface area contributed by atoms with Gasteiger partial charge in [0.15, 0.2) is 0 Å². The number of nitrogen functional groups attached to an aromatic ring is 1. The molecule has 5 nitrogen and oxygen atoms in total. The SMILES string of the molecule is CC(C)(CO)CNS(=O)(=O)c1c(Cl)cc(N)cc1Cl. The molecule has 0 saturated carbocycles. The van der Waals surface area contributed by atoms with Crippen molar-refractivity contribution in [3.63, 3.8) is 0 Å². The smallest absolute Gasteiger partial charge is 0.243 e. The molecule has 0 bridgehead atoms. The minimum Gasteiger partial charge on any atom is -0.399 e. The highest BCUT2D eigenvalue weighted by atomic mass is 35.5. The van der Waals surface area contributed by atoms with Gasteiger partial charge in [0.25, 0.3) is 0 Å². The number of benzene rings is 1. The fraction of sp³-hybridized carbons (Fsp3) is 0.455. The van der Waals surface area contributed by atoms with Crippen molar-refractivity contribution in [1.82, 2.24) is 4.72 Å². The highest BCUT2D eigenvalue weighted by molar-refractivity contribution is 7.89. The van der Waals surface area contributed by atoms with E-state index in [2.05, 4.69) is 4.72 Å². The molecule has 8 heteroatoms. The highest BCUT2D eigenvalue weighted by Gasteiger charge is 2.25. The van der Waals surface area contributed by atoms with E-state index in [1.807, 2.05) is 0 Å². The number of halogens is 2. The maximum atomic E-state index is 12.1. The van der Waals surface area contributed by atoms with Crippen molar-refractivity contribution < 1.29 is 13.5 Å². The first-order chi connectivity index (χ1) is 8.59. The molecule has 0 spiro atoms. The van der Waals surface area contributed by atoms with Crippen molar-refractivity contribution in [2.24, 2.45) is 5.41 Å². The van der Waals surface area contributed by atoms with Gasteiger partial charge >= 0.3 is 0 Å². The van der Waals surface area contributed by atoms with Crippen LogP contribution in [0.4, 0.5) is 5.69 Å². The second-order valence-electron chi connectivity index (χ2n) is 4.96. The summed E-state index contributed by atoms with van der Waals surface area (Å²) >= 11 is 11.7. The first kappa shape index (κ1) is 16.5. The Morgan fingerprint density at radius 2 is 1.79 bits per heavy atom. The van der Waals surface area contributed by atoms with E-state index in [-0.39, 0.29) is 33.8 Å². The number of hydrogen-bond donors (Lipinski definition) is 3. The zero-order chi connectivity index (χ0) is 14.8. The zero-order valence-corrected chi connectivity index (χ0v) is 12.9. The van der Waals surface area contributed by atoms with E-state index in [0.29, 0.717) is 0 Å². The molecule has 0 aromatic heterocycles. The van der Waals surface area contributed by atoms with E-state index in [0.717, 1.165) is 0 Å². The largest absolute Gasteiger partial charge is 0.399 e. The predicted octanol–water partition coefficient (Wildman–Crippen LogP) is 1.87. The van der Waals surface area contributed by atoms with E-state index in [4.69, 9.17) is 34.0 Å². The number of aliphatic hydroxyl groups excluding tert-OH is 1. The van der Waals surface area contributed by atoms with Crippen LogP contribution in [-0.2, 0) is 10.0 Å². The number of aliphatic hydroxyl groups is 1. The fourth-order valence-electron chi connectivity index (χ4n) is 1.25. The number of rotatable bonds is 5. The first-order valence-electron chi connectivity index (χ1n) is 5.44. The average molecular weight is 327 g/mol. The molecule has 0 heterocycles. The van der Waals surface area contributed by atoms with Gasteiger partial charge in [-0.05, 0) is 12.1 Å². The van der Waals surface area contributed by atoms with Gasteiger partial charge in [-0.2, -0.15) is 0 Å². The molecule has 19 heavy (non-hydrogen) atoms. The lowest BCUT2D eigenvalue weighted by molar-refractivity contribution is 0.163. The zero-order valence-electron chi connectivity index (χ0n) is 10.6. The molecule has 0 atom stereocenters. The number of nitrogens with one attached hydrogen (secondary N) is 1. The minimum absolute atomic E-state index is 0.0423. The van der Waals surface area contributed by atoms with Crippen LogP contribution in [-0.4, -0.2) is 26.7 Å². The molecule has 1 aromatic carbocycles. The van der Waals surface area contributed by atoms with Crippen LogP contribution in [0.1, 0.15) is 13.8 Å². The Morgan fingerprint density at radius 1 is 1.32 bits per heavy atom. The van der Waals surface area contributed by atoms with Crippen molar-refractivity contribution >= 4 is 38.9 Å². The number of hydrogen-bond acceptors (Lipinski definition) is 4. The third-order valence-corrected chi connectivity index (χ3v) is 4.78. The minimum atomic E-state index is -3.86. The Kier molecular flexibility index (Phi) is 5.08. The second kappa shape index (κ2) is 5.85. The van der Waals surface area contributed by atoms with Gasteiger partial charge in [0, 0.05) is 24.3 Å². The van der Waals surface area contributed by atoms with Crippen LogP contribution in [0.5, 0.6) is 0 Å². The molecule has 0 radical (unpaired) electrons. The predicted molar refractivity (Wildman–Crippen MR) is 76.9 cm³/mol. The van der Waals surface area contributed by atoms with Crippen molar-refractivity contribution in [2.45, 2.75) is 18.7 Å². The van der Waals surface area contributed by atoms with E-state index in [1.54, 1.807) is 13.8 Å². The molecule has 0 fully saturated rings. The molecule has 0 amide bonds. The summed E-state index contributed by atoms with van der Waals surface area (Å²) in [6.07, 6.45) is 0. The third-order valence-electron chi connectivity index (χ3n) is 2.46. The Hall–Kier alpha value is -0.530. The van der Waals surface area contributed by atoms with E-state index < -0.39 is 15.4 Å². The summed E-state index contributed by atoms with van der Waals surface area (Å²) in [7, 11) is -3.86. The fourth-order valence-corrected chi connectivity index (χ4v) is 3.72. The molecule has 0 unspecified atom stereocenters. The van der Waals surface area contributed by atoms with Crippen LogP contribution < -0.4 is 10.5 Å². The molecule has 108 valence electrons. The highest BCUT2D eigenvalue weighted by Crippen LogP contribution is 2.31. The summed E-state index contributed by atoms with van der Waals surface area (Å²) < 4.78 is 26.7. The van der Waals surface area contributed by atoms with E-state index in [9.17, 15) is 8.42 Å². The lowest BCUT2D eigenvalue weighted by Crippen LogP contribution is -2.36. The van der Waals surface area contributed by atoms with Crippen LogP contribution in [0.25, 0.3) is 0 Å². The molecule has 0 aliphatic rings. The van der Waals surface area contributed by atoms with Gasteiger partial charge in [0.2, 0.25) is 10.0 Å². The third kappa shape index (κ3) is 4.22. The molecule has 0 aliphatic heterocycles. The van der Waals surface area contributed by atoms with Gasteiger partial charge in [-0.15, -0.1) is 0 Å². The van der Waals surface area contributed by atoms with E-state index in [1.165, 1.54) is 12.1 Å². The van der Waals surface area contributed by atoms with Crippen molar-refractivity contribution in [3.8, 4) is 0 Å². The average Bonchev–Trinajstić information content (AvgIpc) is 2.25. The van der Waals surface area contributed by atoms with Crippen LogP contribution in [0, 0.1) is 5.41 Å². The Bertz CT molecular complexity index is 550.